The average Bonchev–Trinajstić information content (AvgIpc) is 3.32. The second kappa shape index (κ2) is 9.77. The average molecular weight is 500 g/mol. The van der Waals surface area contributed by atoms with Gasteiger partial charge >= 0.3 is 0 Å². The summed E-state index contributed by atoms with van der Waals surface area (Å²) >= 11 is 8.45. The van der Waals surface area contributed by atoms with Gasteiger partial charge in [-0.25, -0.2) is 0 Å². The number of carbonyl (C=O) groups excluding carboxylic acids is 1. The summed E-state index contributed by atoms with van der Waals surface area (Å²) in [5, 5.41) is 13.6. The Morgan fingerprint density at radius 2 is 2.12 bits per heavy atom. The number of fused-ring (bicyclic) bond motifs is 3. The van der Waals surface area contributed by atoms with Gasteiger partial charge in [-0.2, -0.15) is 5.10 Å². The van der Waals surface area contributed by atoms with Crippen LogP contribution in [0.2, 0.25) is 5.02 Å². The van der Waals surface area contributed by atoms with Crippen molar-refractivity contribution < 1.29 is 9.53 Å². The second-order valence-electron chi connectivity index (χ2n) is 9.14. The Morgan fingerprint density at radius 1 is 1.29 bits per heavy atom. The van der Waals surface area contributed by atoms with Gasteiger partial charge in [-0.1, -0.05) is 29.8 Å². The first-order chi connectivity index (χ1) is 16.5. The maximum absolute atomic E-state index is 13.4. The number of carbonyl (C=O) groups is 1. The van der Waals surface area contributed by atoms with Gasteiger partial charge < -0.3 is 19.9 Å². The highest BCUT2D eigenvalue weighted by Gasteiger charge is 2.40. The largest absolute Gasteiger partial charge is 0.375 e. The number of amidine groups is 1. The van der Waals surface area contributed by atoms with Gasteiger partial charge in [-0.3, -0.25) is 4.79 Å². The molecule has 1 aliphatic carbocycles. The lowest BCUT2D eigenvalue weighted by Gasteiger charge is -2.33. The number of halogens is 1. The van der Waals surface area contributed by atoms with Crippen LogP contribution in [0.5, 0.6) is 0 Å². The summed E-state index contributed by atoms with van der Waals surface area (Å²) in [6.45, 7) is 11.0. The van der Waals surface area contributed by atoms with Gasteiger partial charge in [-0.05, 0) is 43.9 Å². The van der Waals surface area contributed by atoms with E-state index < -0.39 is 0 Å². The molecule has 1 N–H and O–H groups in total. The summed E-state index contributed by atoms with van der Waals surface area (Å²) in [7, 11) is 0. The van der Waals surface area contributed by atoms with Crippen LogP contribution in [-0.4, -0.2) is 62.3 Å². The van der Waals surface area contributed by atoms with Crippen LogP contribution < -0.4 is 10.2 Å². The Labute approximate surface area is 209 Å². The molecule has 0 radical (unpaired) electrons. The van der Waals surface area contributed by atoms with Crippen molar-refractivity contribution in [3.63, 3.8) is 0 Å². The monoisotopic (exact) mass is 499 g/mol. The third-order valence-electron chi connectivity index (χ3n) is 6.94. The van der Waals surface area contributed by atoms with E-state index in [0.717, 1.165) is 47.4 Å². The Kier molecular flexibility index (Phi) is 6.75. The van der Waals surface area contributed by atoms with Crippen LogP contribution in [0.1, 0.15) is 41.5 Å². The van der Waals surface area contributed by atoms with E-state index >= 15 is 0 Å². The third kappa shape index (κ3) is 4.28. The van der Waals surface area contributed by atoms with E-state index in [0.29, 0.717) is 19.7 Å². The van der Waals surface area contributed by atoms with Gasteiger partial charge in [0, 0.05) is 54.3 Å². The zero-order chi connectivity index (χ0) is 23.8. The summed E-state index contributed by atoms with van der Waals surface area (Å²) in [5.74, 6) is 1.03. The maximum atomic E-state index is 13.4. The maximum Gasteiger partial charge on any atom is 0.226 e. The van der Waals surface area contributed by atoms with E-state index in [1.807, 2.05) is 36.9 Å². The Morgan fingerprint density at radius 3 is 2.88 bits per heavy atom. The van der Waals surface area contributed by atoms with Crippen molar-refractivity contribution in [1.82, 2.24) is 10.2 Å². The molecule has 7 nitrogen and oxygen atoms in total. The van der Waals surface area contributed by atoms with Gasteiger partial charge in [0.2, 0.25) is 5.91 Å². The van der Waals surface area contributed by atoms with Crippen LogP contribution >= 0.6 is 22.9 Å². The minimum atomic E-state index is -0.0459. The SMILES string of the molecule is C=N/N=C(/C)N1CCN[C@@H](c2ccccc2Cl)c2c1sc1c2C[C@H](C(=O)N2CCO[C@H](C)C2)C1. The number of rotatable bonds is 3. The fourth-order valence-electron chi connectivity index (χ4n) is 5.36. The predicted molar refractivity (Wildman–Crippen MR) is 139 cm³/mol. The van der Waals surface area contributed by atoms with Crippen LogP contribution in [0.3, 0.4) is 0 Å². The summed E-state index contributed by atoms with van der Waals surface area (Å²) in [6.07, 6.45) is 1.61. The van der Waals surface area contributed by atoms with Gasteiger partial charge in [0.1, 0.15) is 10.8 Å². The number of nitrogens with one attached hydrogen (secondary N) is 1. The number of benzene rings is 1. The van der Waals surface area contributed by atoms with Crippen molar-refractivity contribution in [3.05, 3.63) is 50.9 Å². The molecule has 2 aliphatic heterocycles. The highest BCUT2D eigenvalue weighted by Crippen LogP contribution is 2.49. The topological polar surface area (TPSA) is 69.5 Å². The number of ether oxygens (including phenoxy) is 1. The summed E-state index contributed by atoms with van der Waals surface area (Å²) < 4.78 is 5.64. The molecule has 1 aromatic heterocycles. The highest BCUT2D eigenvalue weighted by molar-refractivity contribution is 7.16. The normalized spacial score (nSPS) is 25.0. The van der Waals surface area contributed by atoms with E-state index in [4.69, 9.17) is 16.3 Å². The van der Waals surface area contributed by atoms with E-state index in [9.17, 15) is 4.79 Å². The van der Waals surface area contributed by atoms with Crippen molar-refractivity contribution in [3.8, 4) is 0 Å². The molecule has 0 saturated carbocycles. The Hall–Kier alpha value is -2.26. The first-order valence-corrected chi connectivity index (χ1v) is 13.0. The van der Waals surface area contributed by atoms with Gasteiger partial charge in [0.05, 0.1) is 18.8 Å². The Bertz CT molecular complexity index is 1130. The molecule has 3 aliphatic rings. The van der Waals surface area contributed by atoms with Crippen molar-refractivity contribution >= 4 is 46.4 Å². The molecule has 0 bridgehead atoms. The van der Waals surface area contributed by atoms with Gasteiger partial charge in [0.25, 0.3) is 0 Å². The summed E-state index contributed by atoms with van der Waals surface area (Å²) in [5.41, 5.74) is 3.55. The number of morpholine rings is 1. The van der Waals surface area contributed by atoms with Gasteiger partial charge in [-0.15, -0.1) is 16.4 Å². The zero-order valence-corrected chi connectivity index (χ0v) is 21.2. The smallest absolute Gasteiger partial charge is 0.226 e. The predicted octanol–water partition coefficient (Wildman–Crippen LogP) is 3.90. The Balaban J connectivity index is 1.53. The van der Waals surface area contributed by atoms with Crippen LogP contribution in [0.25, 0.3) is 0 Å². The number of anilines is 1. The molecular formula is C25H30ClN5O2S. The second-order valence-corrected chi connectivity index (χ2v) is 10.6. The minimum Gasteiger partial charge on any atom is -0.375 e. The molecule has 0 unspecified atom stereocenters. The molecule has 1 amide bonds. The summed E-state index contributed by atoms with van der Waals surface area (Å²) in [4.78, 5) is 18.9. The van der Waals surface area contributed by atoms with Crippen molar-refractivity contribution in [2.75, 3.05) is 37.7 Å². The number of hydrogen-bond donors (Lipinski definition) is 1. The quantitative estimate of drug-likeness (QED) is 0.395. The van der Waals surface area contributed by atoms with E-state index in [1.165, 1.54) is 16.0 Å². The molecular weight excluding hydrogens is 470 g/mol. The van der Waals surface area contributed by atoms with Gasteiger partial charge in [0.15, 0.2) is 0 Å². The molecule has 1 aromatic carbocycles. The first kappa shape index (κ1) is 23.5. The first-order valence-electron chi connectivity index (χ1n) is 11.8. The van der Waals surface area contributed by atoms with Crippen LogP contribution in [0.15, 0.2) is 34.5 Å². The van der Waals surface area contributed by atoms with E-state index in [1.54, 1.807) is 11.3 Å². The third-order valence-corrected chi connectivity index (χ3v) is 8.57. The lowest BCUT2D eigenvalue weighted by atomic mass is 9.94. The molecule has 0 spiro atoms. The number of nitrogens with zero attached hydrogens (tertiary/aromatic N) is 4. The molecule has 9 heteroatoms. The molecule has 180 valence electrons. The number of hydrogen-bond acceptors (Lipinski definition) is 6. The standard InChI is InChI=1S/C25H30ClN5O2S/c1-15-14-30(10-11-33-15)24(32)17-12-19-21(13-17)34-25-22(19)23(18-6-4-5-7-20(18)26)28-8-9-31(25)16(2)29-27-3/h4-7,15,17,23,28H,3,8-14H2,1-2H3/b29-16-/t15-,17+,23+/m1/s1. The summed E-state index contributed by atoms with van der Waals surface area (Å²) in [6, 6.07) is 7.96. The van der Waals surface area contributed by atoms with Crippen LogP contribution in [0, 0.1) is 5.92 Å². The number of amides is 1. The highest BCUT2D eigenvalue weighted by atomic mass is 35.5. The molecule has 1 saturated heterocycles. The molecule has 2 aromatic rings. The van der Waals surface area contributed by atoms with Crippen LogP contribution in [-0.2, 0) is 22.4 Å². The molecule has 3 atom stereocenters. The van der Waals surface area contributed by atoms with Crippen molar-refractivity contribution in [1.29, 1.82) is 0 Å². The van der Waals surface area contributed by atoms with E-state index in [-0.39, 0.29) is 24.0 Å². The van der Waals surface area contributed by atoms with Crippen molar-refractivity contribution in [2.24, 2.45) is 16.1 Å². The molecule has 1 fully saturated rings. The molecule has 5 rings (SSSR count). The molecule has 3 heterocycles. The lowest BCUT2D eigenvalue weighted by Crippen LogP contribution is -2.47. The molecule has 34 heavy (non-hydrogen) atoms. The van der Waals surface area contributed by atoms with Crippen molar-refractivity contribution in [2.45, 2.75) is 38.8 Å². The van der Waals surface area contributed by atoms with Crippen LogP contribution in [0.4, 0.5) is 5.00 Å². The minimum absolute atomic E-state index is 0.0231. The zero-order valence-electron chi connectivity index (χ0n) is 19.6. The lowest BCUT2D eigenvalue weighted by molar-refractivity contribution is -0.142. The fraction of sp³-hybridized carbons (Fsp3) is 0.480. The number of thiophene rings is 1. The van der Waals surface area contributed by atoms with E-state index in [2.05, 4.69) is 33.2 Å². The fourth-order valence-corrected chi connectivity index (χ4v) is 7.12.